The number of aliphatic imine (C=N–C) groups is 1. The summed E-state index contributed by atoms with van der Waals surface area (Å²) in [4.78, 5) is 44.6. The van der Waals surface area contributed by atoms with E-state index in [0.29, 0.717) is 38.9 Å². The van der Waals surface area contributed by atoms with Gasteiger partial charge < -0.3 is 20.3 Å². The molecule has 0 spiro atoms. The maximum Gasteiger partial charge on any atom is 0.272 e. The summed E-state index contributed by atoms with van der Waals surface area (Å²) in [6, 6.07) is 11.0. The number of hydrogen-bond donors (Lipinski definition) is 2. The van der Waals surface area contributed by atoms with Crippen LogP contribution in [-0.2, 0) is 14.4 Å². The fourth-order valence-corrected chi connectivity index (χ4v) is 3.84. The van der Waals surface area contributed by atoms with Crippen molar-refractivity contribution in [2.45, 2.75) is 12.2 Å². The predicted octanol–water partition coefficient (Wildman–Crippen LogP) is 2.42. The molecule has 1 aliphatic rings. The van der Waals surface area contributed by atoms with Crippen molar-refractivity contribution in [2.75, 3.05) is 24.2 Å². The smallest absolute Gasteiger partial charge is 0.272 e. The van der Waals surface area contributed by atoms with E-state index in [1.807, 2.05) is 0 Å². The van der Waals surface area contributed by atoms with Gasteiger partial charge in [-0.05, 0) is 24.3 Å². The molecule has 1 heterocycles. The van der Waals surface area contributed by atoms with Crippen LogP contribution in [0.1, 0.15) is 11.1 Å². The highest BCUT2D eigenvalue weighted by molar-refractivity contribution is 7.80. The Hall–Kier alpha value is -2.39. The number of rotatable bonds is 6. The van der Waals surface area contributed by atoms with Crippen LogP contribution < -0.4 is 10.6 Å². The fourth-order valence-electron chi connectivity index (χ4n) is 3.28. The number of fused-ring (bicyclic) bond motifs is 1. The van der Waals surface area contributed by atoms with Crippen LogP contribution in [0, 0.1) is 0 Å². The van der Waals surface area contributed by atoms with Crippen molar-refractivity contribution >= 4 is 65.3 Å². The lowest BCUT2D eigenvalue weighted by atomic mass is 10.00. The van der Waals surface area contributed by atoms with E-state index in [4.69, 9.17) is 28.9 Å². The van der Waals surface area contributed by atoms with Gasteiger partial charge in [0, 0.05) is 34.0 Å². The minimum atomic E-state index is -1.27. The average Bonchev–Trinajstić information content (AvgIpc) is 2.88. The maximum atomic E-state index is 13.4. The van der Waals surface area contributed by atoms with Crippen LogP contribution >= 0.6 is 35.8 Å². The summed E-state index contributed by atoms with van der Waals surface area (Å²) in [5, 5.41) is 0.820. The minimum Gasteiger partial charge on any atom is -0.319 e. The third-order valence-corrected chi connectivity index (χ3v) is 5.82. The lowest BCUT2D eigenvalue weighted by Gasteiger charge is -2.29. The molecule has 0 aliphatic carbocycles. The first-order chi connectivity index (χ1) is 14.8. The fraction of sp³-hybridized carbons (Fsp3) is 0.238. The van der Waals surface area contributed by atoms with Crippen molar-refractivity contribution in [3.63, 3.8) is 0 Å². The molecule has 0 saturated carbocycles. The van der Waals surface area contributed by atoms with Crippen LogP contribution in [0.4, 0.5) is 5.69 Å². The van der Waals surface area contributed by atoms with Crippen molar-refractivity contribution in [1.82, 2.24) is 4.90 Å². The number of hydrogen-bond acceptors (Lipinski definition) is 6. The molecule has 3 rings (SSSR count). The second-order valence-electron chi connectivity index (χ2n) is 6.85. The molecule has 7 nitrogen and oxygen atoms in total. The van der Waals surface area contributed by atoms with Crippen LogP contribution in [0.25, 0.3) is 0 Å². The van der Waals surface area contributed by atoms with Gasteiger partial charge in [0.2, 0.25) is 12.1 Å². The second kappa shape index (κ2) is 9.82. The van der Waals surface area contributed by atoms with Crippen molar-refractivity contribution in [1.29, 1.82) is 0 Å². The van der Waals surface area contributed by atoms with Crippen LogP contribution in [-0.4, -0.2) is 60.3 Å². The van der Waals surface area contributed by atoms with E-state index in [1.54, 1.807) is 42.5 Å². The van der Waals surface area contributed by atoms with Crippen molar-refractivity contribution in [3.8, 4) is 0 Å². The van der Waals surface area contributed by atoms with Crippen LogP contribution in [0.15, 0.2) is 47.5 Å². The summed E-state index contributed by atoms with van der Waals surface area (Å²) in [6.07, 6.45) is -0.661. The second-order valence-corrected chi connectivity index (χ2v) is 8.06. The number of anilines is 1. The lowest BCUT2D eigenvalue weighted by Crippen LogP contribution is -2.53. The Morgan fingerprint density at radius 2 is 2.00 bits per heavy atom. The van der Waals surface area contributed by atoms with Gasteiger partial charge in [-0.1, -0.05) is 41.4 Å². The van der Waals surface area contributed by atoms with E-state index in [9.17, 15) is 14.4 Å². The first kappa shape index (κ1) is 23.3. The number of nitrogens with zero attached hydrogens (tertiary/aromatic N) is 3. The first-order valence-electron chi connectivity index (χ1n) is 9.30. The molecule has 2 unspecified atom stereocenters. The van der Waals surface area contributed by atoms with Gasteiger partial charge in [0.1, 0.15) is 6.29 Å². The highest BCUT2D eigenvalue weighted by Crippen LogP contribution is 2.33. The van der Waals surface area contributed by atoms with Crippen molar-refractivity contribution in [3.05, 3.63) is 63.6 Å². The minimum absolute atomic E-state index is 0.0963. The quantitative estimate of drug-likeness (QED) is 0.492. The predicted molar refractivity (Wildman–Crippen MR) is 125 cm³/mol. The zero-order valence-corrected chi connectivity index (χ0v) is 18.9. The Morgan fingerprint density at radius 1 is 1.29 bits per heavy atom. The molecule has 2 atom stereocenters. The van der Waals surface area contributed by atoms with E-state index in [0.717, 1.165) is 4.90 Å². The van der Waals surface area contributed by atoms with E-state index in [-0.39, 0.29) is 12.3 Å². The van der Waals surface area contributed by atoms with Crippen LogP contribution in [0.2, 0.25) is 10.0 Å². The third kappa shape index (κ3) is 4.62. The first-order valence-corrected chi connectivity index (χ1v) is 10.7. The monoisotopic (exact) mass is 478 g/mol. The van der Waals surface area contributed by atoms with Gasteiger partial charge in [0.05, 0.1) is 24.0 Å². The molecule has 10 heteroatoms. The Bertz CT molecular complexity index is 1060. The summed E-state index contributed by atoms with van der Waals surface area (Å²) < 4.78 is 0. The molecule has 0 saturated heterocycles. The zero-order valence-electron chi connectivity index (χ0n) is 16.5. The molecule has 0 bridgehead atoms. The van der Waals surface area contributed by atoms with Gasteiger partial charge in [0.15, 0.2) is 0 Å². The molecular weight excluding hydrogens is 459 g/mol. The van der Waals surface area contributed by atoms with Gasteiger partial charge in [-0.15, -0.1) is 0 Å². The van der Waals surface area contributed by atoms with E-state index in [2.05, 4.69) is 17.6 Å². The van der Waals surface area contributed by atoms with Crippen LogP contribution in [0.5, 0.6) is 0 Å². The number of nitrogens with two attached hydrogens (primary N) is 1. The van der Waals surface area contributed by atoms with E-state index in [1.165, 1.54) is 11.9 Å². The number of amides is 2. The average molecular weight is 479 g/mol. The van der Waals surface area contributed by atoms with Crippen molar-refractivity contribution in [2.24, 2.45) is 10.7 Å². The van der Waals surface area contributed by atoms with Gasteiger partial charge in [-0.25, -0.2) is 4.99 Å². The molecule has 162 valence electrons. The highest BCUT2D eigenvalue weighted by atomic mass is 35.5. The number of carbonyl (C=O) groups is 3. The number of aldehydes is 1. The molecule has 0 fully saturated rings. The number of benzodiazepines with no additional fused rings is 1. The Kier molecular flexibility index (Phi) is 7.38. The Morgan fingerprint density at radius 3 is 2.65 bits per heavy atom. The van der Waals surface area contributed by atoms with E-state index < -0.39 is 24.0 Å². The summed E-state index contributed by atoms with van der Waals surface area (Å²) >= 11 is 16.7. The molecule has 0 aromatic heterocycles. The number of halogens is 2. The molecule has 0 radical (unpaired) electrons. The maximum absolute atomic E-state index is 13.4. The van der Waals surface area contributed by atoms with Crippen molar-refractivity contribution < 1.29 is 14.4 Å². The summed E-state index contributed by atoms with van der Waals surface area (Å²) in [5.74, 6) is -0.968. The topological polar surface area (TPSA) is 96.1 Å². The molecule has 2 aromatic rings. The molecule has 2 aromatic carbocycles. The lowest BCUT2D eigenvalue weighted by molar-refractivity contribution is -0.138. The summed E-state index contributed by atoms with van der Waals surface area (Å²) in [5.41, 5.74) is 7.71. The standard InChI is InChI=1S/C21H20Cl2N4O3S/c1-26(20(29)16(24)11-31)19-21(30)27(8-9-28)17-7-6-12(22)10-14(17)18(25-19)13-4-2-3-5-15(13)23/h2-7,9-10,16,19,31H,8,11,24H2,1H3. The Labute approximate surface area is 195 Å². The van der Waals surface area contributed by atoms with Crippen LogP contribution in [0.3, 0.4) is 0 Å². The zero-order chi connectivity index (χ0) is 22.7. The van der Waals surface area contributed by atoms with Gasteiger partial charge >= 0.3 is 0 Å². The van der Waals surface area contributed by atoms with Gasteiger partial charge in [0.25, 0.3) is 5.91 Å². The number of thiol groups is 1. The number of likely N-dealkylation sites (N-methyl/N-ethyl adjacent to an activating group) is 1. The summed E-state index contributed by atoms with van der Waals surface area (Å²) in [6.45, 7) is -0.226. The summed E-state index contributed by atoms with van der Waals surface area (Å²) in [7, 11) is 1.43. The van der Waals surface area contributed by atoms with Gasteiger partial charge in [-0.2, -0.15) is 12.6 Å². The van der Waals surface area contributed by atoms with Gasteiger partial charge in [-0.3, -0.25) is 9.59 Å². The molecule has 2 N–H and O–H groups in total. The van der Waals surface area contributed by atoms with E-state index >= 15 is 0 Å². The molecule has 31 heavy (non-hydrogen) atoms. The Balaban J connectivity index is 2.28. The normalized spacial score (nSPS) is 16.8. The largest absolute Gasteiger partial charge is 0.319 e. The highest BCUT2D eigenvalue weighted by Gasteiger charge is 2.37. The SMILES string of the molecule is CN(C(=O)C(N)CS)C1N=C(c2ccccc2Cl)c2cc(Cl)ccc2N(CC=O)C1=O. The number of carbonyl (C=O) groups excluding carboxylic acids is 3. The number of benzene rings is 2. The third-order valence-electron chi connectivity index (χ3n) is 4.86. The molecule has 2 amide bonds. The molecular formula is C21H20Cl2N4O3S. The molecule has 1 aliphatic heterocycles.